The summed E-state index contributed by atoms with van der Waals surface area (Å²) in [5, 5.41) is 0. The molecule has 0 bridgehead atoms. The molecule has 0 radical (unpaired) electrons. The summed E-state index contributed by atoms with van der Waals surface area (Å²) in [4.78, 5) is 35.2. The Morgan fingerprint density at radius 1 is 0.780 bits per heavy atom. The summed E-state index contributed by atoms with van der Waals surface area (Å²) in [6.07, 6.45) is 12.9. The van der Waals surface area contributed by atoms with E-state index in [4.69, 9.17) is 18.9 Å². The average molecular weight is 567 g/mol. The van der Waals surface area contributed by atoms with Gasteiger partial charge in [-0.1, -0.05) is 57.6 Å². The molecule has 0 heterocycles. The van der Waals surface area contributed by atoms with Crippen LogP contribution in [-0.2, 0) is 19.1 Å². The molecule has 0 fully saturated rings. The van der Waals surface area contributed by atoms with Gasteiger partial charge in [-0.25, -0.2) is 14.4 Å². The first-order valence-electron chi connectivity index (χ1n) is 14.1. The van der Waals surface area contributed by atoms with Gasteiger partial charge in [-0.15, -0.1) is 0 Å². The third-order valence-electron chi connectivity index (χ3n) is 6.23. The summed E-state index contributed by atoms with van der Waals surface area (Å²) in [6, 6.07) is 11.8. The summed E-state index contributed by atoms with van der Waals surface area (Å²) >= 11 is 0. The topological polar surface area (TPSA) is 97.4 Å². The van der Waals surface area contributed by atoms with Gasteiger partial charge in [0.25, 0.3) is 0 Å². The SMILES string of the molecule is C=C(C)C(=O)OCCCCCCCCCCCOc1ccc(C(=O)Oc2ccc(C=CC(=O)OC)cc2OC)cc1. The molecule has 0 saturated carbocycles. The Bertz CT molecular complexity index is 1150. The predicted octanol–water partition coefficient (Wildman–Crippen LogP) is 7.11. The Balaban J connectivity index is 1.61. The van der Waals surface area contributed by atoms with E-state index >= 15 is 0 Å². The minimum Gasteiger partial charge on any atom is -0.494 e. The van der Waals surface area contributed by atoms with Gasteiger partial charge in [0.05, 0.1) is 33.0 Å². The van der Waals surface area contributed by atoms with Crippen LogP contribution < -0.4 is 14.2 Å². The molecule has 0 spiro atoms. The predicted molar refractivity (Wildman–Crippen MR) is 158 cm³/mol. The van der Waals surface area contributed by atoms with Gasteiger partial charge in [-0.05, 0) is 67.8 Å². The first-order chi connectivity index (χ1) is 19.8. The minimum atomic E-state index is -0.515. The van der Waals surface area contributed by atoms with Crippen molar-refractivity contribution >= 4 is 24.0 Å². The summed E-state index contributed by atoms with van der Waals surface area (Å²) in [5.41, 5.74) is 1.53. The second-order valence-corrected chi connectivity index (χ2v) is 9.63. The van der Waals surface area contributed by atoms with E-state index < -0.39 is 11.9 Å². The minimum absolute atomic E-state index is 0.273. The van der Waals surface area contributed by atoms with E-state index in [1.54, 1.807) is 55.5 Å². The number of carbonyl (C=O) groups is 3. The van der Waals surface area contributed by atoms with Crippen molar-refractivity contribution in [2.75, 3.05) is 27.4 Å². The number of methoxy groups -OCH3 is 2. The largest absolute Gasteiger partial charge is 0.494 e. The maximum absolute atomic E-state index is 12.6. The Morgan fingerprint density at radius 2 is 1.39 bits per heavy atom. The van der Waals surface area contributed by atoms with Crippen molar-refractivity contribution in [3.63, 3.8) is 0 Å². The molecule has 0 amide bonds. The van der Waals surface area contributed by atoms with Gasteiger partial charge in [0.1, 0.15) is 5.75 Å². The Labute approximate surface area is 243 Å². The number of unbranched alkanes of at least 4 members (excludes halogenated alkanes) is 8. The molecular formula is C33H42O8. The third-order valence-corrected chi connectivity index (χ3v) is 6.23. The molecule has 0 aliphatic rings. The van der Waals surface area contributed by atoms with Crippen molar-refractivity contribution in [2.24, 2.45) is 0 Å². The lowest BCUT2D eigenvalue weighted by Gasteiger charge is -2.11. The van der Waals surface area contributed by atoms with Crippen LogP contribution in [0.1, 0.15) is 80.6 Å². The number of ether oxygens (including phenoxy) is 5. The van der Waals surface area contributed by atoms with E-state index in [0.29, 0.717) is 41.4 Å². The molecular weight excluding hydrogens is 524 g/mol. The summed E-state index contributed by atoms with van der Waals surface area (Å²) < 4.78 is 26.3. The van der Waals surface area contributed by atoms with E-state index in [2.05, 4.69) is 11.3 Å². The van der Waals surface area contributed by atoms with Crippen molar-refractivity contribution in [3.8, 4) is 17.2 Å². The number of benzene rings is 2. The maximum atomic E-state index is 12.6. The quantitative estimate of drug-likeness (QED) is 0.0768. The molecule has 2 aromatic carbocycles. The first-order valence-corrected chi connectivity index (χ1v) is 14.1. The lowest BCUT2D eigenvalue weighted by atomic mass is 10.1. The molecule has 222 valence electrons. The van der Waals surface area contributed by atoms with Gasteiger partial charge >= 0.3 is 17.9 Å². The molecule has 8 nitrogen and oxygen atoms in total. The smallest absolute Gasteiger partial charge is 0.343 e. The molecule has 0 unspecified atom stereocenters. The van der Waals surface area contributed by atoms with Gasteiger partial charge in [0, 0.05) is 11.6 Å². The molecule has 0 saturated heterocycles. The Kier molecular flexibility index (Phi) is 15.4. The van der Waals surface area contributed by atoms with Crippen LogP contribution >= 0.6 is 0 Å². The number of esters is 3. The molecule has 0 aliphatic heterocycles. The van der Waals surface area contributed by atoms with Crippen molar-refractivity contribution in [1.29, 1.82) is 0 Å². The van der Waals surface area contributed by atoms with E-state index in [1.165, 1.54) is 46.0 Å². The fraction of sp³-hybridized carbons (Fsp3) is 0.424. The molecule has 2 aromatic rings. The number of hydrogen-bond acceptors (Lipinski definition) is 8. The van der Waals surface area contributed by atoms with E-state index in [9.17, 15) is 14.4 Å². The van der Waals surface area contributed by atoms with Gasteiger partial charge < -0.3 is 23.7 Å². The molecule has 41 heavy (non-hydrogen) atoms. The van der Waals surface area contributed by atoms with Gasteiger partial charge in [-0.3, -0.25) is 0 Å². The van der Waals surface area contributed by atoms with E-state index in [1.807, 2.05) is 0 Å². The monoisotopic (exact) mass is 566 g/mol. The van der Waals surface area contributed by atoms with Crippen molar-refractivity contribution in [1.82, 2.24) is 0 Å². The van der Waals surface area contributed by atoms with Gasteiger partial charge in [0.2, 0.25) is 0 Å². The van der Waals surface area contributed by atoms with Crippen molar-refractivity contribution in [2.45, 2.75) is 64.7 Å². The number of carbonyl (C=O) groups excluding carboxylic acids is 3. The van der Waals surface area contributed by atoms with Crippen molar-refractivity contribution < 1.29 is 38.1 Å². The average Bonchev–Trinajstić information content (AvgIpc) is 2.98. The number of hydrogen-bond donors (Lipinski definition) is 0. The van der Waals surface area contributed by atoms with Crippen LogP contribution in [0.4, 0.5) is 0 Å². The van der Waals surface area contributed by atoms with Crippen LogP contribution in [0.5, 0.6) is 17.2 Å². The van der Waals surface area contributed by atoms with Crippen LogP contribution in [0.15, 0.2) is 60.7 Å². The lowest BCUT2D eigenvalue weighted by molar-refractivity contribution is -0.139. The summed E-state index contributed by atoms with van der Waals surface area (Å²) in [7, 11) is 2.78. The van der Waals surface area contributed by atoms with E-state index in [0.717, 1.165) is 32.1 Å². The van der Waals surface area contributed by atoms with Crippen LogP contribution in [-0.4, -0.2) is 45.3 Å². The Morgan fingerprint density at radius 3 is 1.98 bits per heavy atom. The normalized spacial score (nSPS) is 10.7. The van der Waals surface area contributed by atoms with Gasteiger partial charge in [0.15, 0.2) is 11.5 Å². The fourth-order valence-electron chi connectivity index (χ4n) is 3.87. The molecule has 0 N–H and O–H groups in total. The fourth-order valence-corrected chi connectivity index (χ4v) is 3.87. The first kappa shape index (κ1) is 33.1. The second-order valence-electron chi connectivity index (χ2n) is 9.63. The maximum Gasteiger partial charge on any atom is 0.343 e. The molecule has 0 aromatic heterocycles. The second kappa shape index (κ2) is 19.1. The highest BCUT2D eigenvalue weighted by molar-refractivity contribution is 5.91. The molecule has 8 heteroatoms. The van der Waals surface area contributed by atoms with Crippen LogP contribution in [0.2, 0.25) is 0 Å². The third kappa shape index (κ3) is 13.2. The highest BCUT2D eigenvalue weighted by Gasteiger charge is 2.13. The van der Waals surface area contributed by atoms with E-state index in [-0.39, 0.29) is 11.7 Å². The highest BCUT2D eigenvalue weighted by Crippen LogP contribution is 2.29. The zero-order chi connectivity index (χ0) is 29.9. The highest BCUT2D eigenvalue weighted by atomic mass is 16.6. The van der Waals surface area contributed by atoms with Gasteiger partial charge in [-0.2, -0.15) is 0 Å². The van der Waals surface area contributed by atoms with Crippen LogP contribution in [0.3, 0.4) is 0 Å². The summed E-state index contributed by atoms with van der Waals surface area (Å²) in [6.45, 7) is 6.33. The zero-order valence-electron chi connectivity index (χ0n) is 24.4. The molecule has 2 rings (SSSR count). The zero-order valence-corrected chi connectivity index (χ0v) is 24.4. The standard InChI is InChI=1S/C33H42O8/c1-25(2)32(35)40-23-13-11-9-7-5-6-8-10-12-22-39-28-18-16-27(17-19-28)33(36)41-29-20-14-26(24-30(29)37-3)15-21-31(34)38-4/h14-21,24H,1,5-13,22-23H2,2-4H3. The number of rotatable bonds is 19. The molecule has 0 aliphatic carbocycles. The lowest BCUT2D eigenvalue weighted by Crippen LogP contribution is -2.09. The van der Waals surface area contributed by atoms with Crippen molar-refractivity contribution in [3.05, 3.63) is 71.8 Å². The molecule has 0 atom stereocenters. The van der Waals surface area contributed by atoms with Crippen LogP contribution in [0, 0.1) is 0 Å². The Hall–Kier alpha value is -4.07. The summed E-state index contributed by atoms with van der Waals surface area (Å²) in [5.74, 6) is 0.0520. The van der Waals surface area contributed by atoms with Crippen LogP contribution in [0.25, 0.3) is 6.08 Å².